The van der Waals surface area contributed by atoms with E-state index in [4.69, 9.17) is 9.79 Å². The van der Waals surface area contributed by atoms with Gasteiger partial charge in [0.2, 0.25) is 5.82 Å². The molecule has 0 aromatic heterocycles. The number of halogens is 5. The van der Waals surface area contributed by atoms with Gasteiger partial charge in [0.05, 0.1) is 6.16 Å². The van der Waals surface area contributed by atoms with Crippen molar-refractivity contribution in [2.75, 3.05) is 0 Å². The molecule has 3 nitrogen and oxygen atoms in total. The summed E-state index contributed by atoms with van der Waals surface area (Å²) in [6.45, 7) is 0. The van der Waals surface area contributed by atoms with E-state index in [1.54, 1.807) is 0 Å². The number of rotatable bonds is 2. The number of hydrogen-bond acceptors (Lipinski definition) is 1. The second kappa shape index (κ2) is 4.12. The summed E-state index contributed by atoms with van der Waals surface area (Å²) in [6, 6.07) is 0. The lowest BCUT2D eigenvalue weighted by atomic mass is 10.2. The summed E-state index contributed by atoms with van der Waals surface area (Å²) in [5, 5.41) is 0. The van der Waals surface area contributed by atoms with Crippen LogP contribution in [0.1, 0.15) is 5.56 Å². The molecule has 2 N–H and O–H groups in total. The van der Waals surface area contributed by atoms with Gasteiger partial charge in [-0.3, -0.25) is 4.57 Å². The monoisotopic (exact) mass is 262 g/mol. The van der Waals surface area contributed by atoms with Gasteiger partial charge in [0, 0.05) is 5.56 Å². The SMILES string of the molecule is O=P(O)(O)Cc1c(F)c(F)c(F)c(F)c1F. The highest BCUT2D eigenvalue weighted by atomic mass is 31.2. The number of hydrogen-bond donors (Lipinski definition) is 2. The third-order valence-electron chi connectivity index (χ3n) is 1.66. The molecule has 0 bridgehead atoms. The molecule has 90 valence electrons. The van der Waals surface area contributed by atoms with E-state index in [-0.39, 0.29) is 0 Å². The molecular weight excluding hydrogens is 258 g/mol. The van der Waals surface area contributed by atoms with Gasteiger partial charge in [0.25, 0.3) is 0 Å². The van der Waals surface area contributed by atoms with Crippen molar-refractivity contribution in [2.45, 2.75) is 6.16 Å². The van der Waals surface area contributed by atoms with Crippen molar-refractivity contribution in [3.05, 3.63) is 34.6 Å². The molecule has 1 aromatic carbocycles. The average Bonchev–Trinajstić information content (AvgIpc) is 2.17. The zero-order chi connectivity index (χ0) is 12.7. The molecule has 16 heavy (non-hydrogen) atoms. The topological polar surface area (TPSA) is 57.5 Å². The van der Waals surface area contributed by atoms with Crippen LogP contribution in [0.25, 0.3) is 0 Å². The second-order valence-corrected chi connectivity index (χ2v) is 4.52. The Kier molecular flexibility index (Phi) is 3.37. The quantitative estimate of drug-likeness (QED) is 0.371. The highest BCUT2D eigenvalue weighted by Gasteiger charge is 2.29. The molecule has 0 amide bonds. The van der Waals surface area contributed by atoms with Gasteiger partial charge in [-0.15, -0.1) is 0 Å². The van der Waals surface area contributed by atoms with E-state index in [1.807, 2.05) is 0 Å². The molecule has 0 saturated heterocycles. The summed E-state index contributed by atoms with van der Waals surface area (Å²) in [6.07, 6.45) is -1.56. The first-order valence-corrected chi connectivity index (χ1v) is 5.49. The van der Waals surface area contributed by atoms with Gasteiger partial charge in [-0.25, -0.2) is 22.0 Å². The number of benzene rings is 1. The lowest BCUT2D eigenvalue weighted by Crippen LogP contribution is -2.07. The van der Waals surface area contributed by atoms with Crippen LogP contribution < -0.4 is 0 Å². The van der Waals surface area contributed by atoms with Gasteiger partial charge in [-0.05, 0) is 0 Å². The summed E-state index contributed by atoms with van der Waals surface area (Å²) in [4.78, 5) is 16.8. The minimum atomic E-state index is -4.93. The Balaban J connectivity index is 3.46. The highest BCUT2D eigenvalue weighted by Crippen LogP contribution is 2.41. The Labute approximate surface area is 85.7 Å². The maximum Gasteiger partial charge on any atom is 0.330 e. The first-order chi connectivity index (χ1) is 7.15. The van der Waals surface area contributed by atoms with Crippen LogP contribution in [-0.4, -0.2) is 9.79 Å². The summed E-state index contributed by atoms with van der Waals surface area (Å²) >= 11 is 0. The lowest BCUT2D eigenvalue weighted by Gasteiger charge is -2.08. The Bertz CT molecular complexity index is 454. The van der Waals surface area contributed by atoms with Gasteiger partial charge >= 0.3 is 7.60 Å². The molecule has 1 rings (SSSR count). The average molecular weight is 262 g/mol. The maximum atomic E-state index is 12.9. The first kappa shape index (κ1) is 13.1. The van der Waals surface area contributed by atoms with Crippen LogP contribution in [0.15, 0.2) is 0 Å². The van der Waals surface area contributed by atoms with E-state index in [2.05, 4.69) is 0 Å². The van der Waals surface area contributed by atoms with Crippen LogP contribution in [0.2, 0.25) is 0 Å². The summed E-state index contributed by atoms with van der Waals surface area (Å²) in [5.41, 5.74) is -1.52. The summed E-state index contributed by atoms with van der Waals surface area (Å²) < 4.78 is 73.8. The molecular formula is C7H4F5O3P. The molecule has 0 aliphatic rings. The van der Waals surface area contributed by atoms with Gasteiger partial charge in [-0.2, -0.15) is 0 Å². The summed E-state index contributed by atoms with van der Waals surface area (Å²) in [7, 11) is -4.93. The molecule has 0 heterocycles. The van der Waals surface area contributed by atoms with Crippen LogP contribution in [0.4, 0.5) is 22.0 Å². The molecule has 0 atom stereocenters. The van der Waals surface area contributed by atoms with Gasteiger partial charge in [-0.1, -0.05) is 0 Å². The van der Waals surface area contributed by atoms with Gasteiger partial charge < -0.3 is 9.79 Å². The Morgan fingerprint density at radius 1 is 0.812 bits per heavy atom. The van der Waals surface area contributed by atoms with Crippen LogP contribution >= 0.6 is 7.60 Å². The van der Waals surface area contributed by atoms with Crippen LogP contribution in [-0.2, 0) is 10.7 Å². The fourth-order valence-electron chi connectivity index (χ4n) is 0.995. The van der Waals surface area contributed by atoms with Crippen molar-refractivity contribution in [1.29, 1.82) is 0 Å². The van der Waals surface area contributed by atoms with E-state index < -0.39 is 48.4 Å². The van der Waals surface area contributed by atoms with E-state index in [9.17, 15) is 26.5 Å². The predicted molar refractivity (Wildman–Crippen MR) is 42.0 cm³/mol. The van der Waals surface area contributed by atoms with Crippen molar-refractivity contribution in [3.8, 4) is 0 Å². The zero-order valence-corrected chi connectivity index (χ0v) is 8.24. The zero-order valence-electron chi connectivity index (χ0n) is 7.35. The minimum Gasteiger partial charge on any atom is -0.324 e. The van der Waals surface area contributed by atoms with E-state index in [0.717, 1.165) is 0 Å². The minimum absolute atomic E-state index is 1.52. The van der Waals surface area contributed by atoms with E-state index >= 15 is 0 Å². The molecule has 0 saturated carbocycles. The third kappa shape index (κ3) is 2.40. The van der Waals surface area contributed by atoms with Crippen LogP contribution in [0, 0.1) is 29.1 Å². The van der Waals surface area contributed by atoms with E-state index in [0.29, 0.717) is 0 Å². The van der Waals surface area contributed by atoms with Crippen molar-refractivity contribution in [2.24, 2.45) is 0 Å². The predicted octanol–water partition coefficient (Wildman–Crippen LogP) is 2.06. The first-order valence-electron chi connectivity index (χ1n) is 3.70. The smallest absolute Gasteiger partial charge is 0.324 e. The fraction of sp³-hybridized carbons (Fsp3) is 0.143. The Morgan fingerprint density at radius 2 is 1.12 bits per heavy atom. The van der Waals surface area contributed by atoms with Crippen LogP contribution in [0.3, 0.4) is 0 Å². The van der Waals surface area contributed by atoms with Crippen molar-refractivity contribution in [1.82, 2.24) is 0 Å². The normalized spacial score (nSPS) is 11.9. The van der Waals surface area contributed by atoms with Crippen molar-refractivity contribution in [3.63, 3.8) is 0 Å². The molecule has 1 aromatic rings. The van der Waals surface area contributed by atoms with Crippen molar-refractivity contribution < 1.29 is 36.3 Å². The van der Waals surface area contributed by atoms with Crippen LogP contribution in [0.5, 0.6) is 0 Å². The third-order valence-corrected chi connectivity index (χ3v) is 2.39. The molecule has 0 aliphatic carbocycles. The molecule has 0 unspecified atom stereocenters. The summed E-state index contributed by atoms with van der Waals surface area (Å²) in [5.74, 6) is -11.3. The molecule has 0 fully saturated rings. The molecule has 0 spiro atoms. The largest absolute Gasteiger partial charge is 0.330 e. The molecule has 0 aliphatic heterocycles. The molecule has 0 radical (unpaired) electrons. The Hall–Kier alpha value is -0.980. The second-order valence-electron chi connectivity index (χ2n) is 2.87. The molecule has 9 heteroatoms. The highest BCUT2D eigenvalue weighted by molar-refractivity contribution is 7.50. The Morgan fingerprint density at radius 3 is 1.44 bits per heavy atom. The van der Waals surface area contributed by atoms with E-state index in [1.165, 1.54) is 0 Å². The fourth-order valence-corrected chi connectivity index (χ4v) is 1.68. The van der Waals surface area contributed by atoms with Gasteiger partial charge in [0.1, 0.15) is 0 Å². The van der Waals surface area contributed by atoms with Gasteiger partial charge in [0.15, 0.2) is 23.3 Å². The maximum absolute atomic E-state index is 12.9. The standard InChI is InChI=1S/C7H4F5O3P/c8-3-2(1-16(13,14)15)4(9)6(11)7(12)5(3)10/h1H2,(H2,13,14,15). The van der Waals surface area contributed by atoms with Crippen molar-refractivity contribution >= 4 is 7.60 Å². The lowest BCUT2D eigenvalue weighted by molar-refractivity contribution is 0.356.